The smallest absolute Gasteiger partial charge is 0.251 e. The van der Waals surface area contributed by atoms with Crippen LogP contribution in [-0.4, -0.2) is 29.8 Å². The third-order valence-electron chi connectivity index (χ3n) is 2.80. The lowest BCUT2D eigenvalue weighted by Crippen LogP contribution is -2.32. The predicted octanol–water partition coefficient (Wildman–Crippen LogP) is 1.74. The van der Waals surface area contributed by atoms with Crippen molar-refractivity contribution in [3.8, 4) is 0 Å². The highest BCUT2D eigenvalue weighted by molar-refractivity contribution is 6.42. The summed E-state index contributed by atoms with van der Waals surface area (Å²) in [7, 11) is 1.45. The Morgan fingerprint density at radius 3 is 2.50 bits per heavy atom. The fraction of sp³-hybridized carbons (Fsp3) is 0.273. The number of carbonyl (C=O) groups is 2. The zero-order chi connectivity index (χ0) is 13.4. The summed E-state index contributed by atoms with van der Waals surface area (Å²) in [4.78, 5) is 24.2. The topological polar surface area (TPSA) is 75.4 Å². The quantitative estimate of drug-likeness (QED) is 0.642. The largest absolute Gasteiger partial charge is 0.397 e. The van der Waals surface area contributed by atoms with Crippen molar-refractivity contribution in [1.82, 2.24) is 4.90 Å². The average Bonchev–Trinajstić information content (AvgIpc) is 2.54. The summed E-state index contributed by atoms with van der Waals surface area (Å²) in [6.07, 6.45) is 0.106. The van der Waals surface area contributed by atoms with Crippen LogP contribution in [-0.2, 0) is 9.59 Å². The fourth-order valence-electron chi connectivity index (χ4n) is 1.74. The molecule has 0 aromatic heterocycles. The zero-order valence-corrected chi connectivity index (χ0v) is 11.0. The Bertz CT molecular complexity index is 533. The van der Waals surface area contributed by atoms with E-state index in [4.69, 9.17) is 28.9 Å². The lowest BCUT2D eigenvalue weighted by Gasteiger charge is -2.15. The highest BCUT2D eigenvalue weighted by Crippen LogP contribution is 2.31. The maximum atomic E-state index is 11.7. The summed E-state index contributed by atoms with van der Waals surface area (Å²) in [5, 5.41) is 3.58. The molecule has 1 aliphatic heterocycles. The summed E-state index contributed by atoms with van der Waals surface area (Å²) in [6.45, 7) is 0. The molecule has 0 radical (unpaired) electrons. The molecule has 0 bridgehead atoms. The van der Waals surface area contributed by atoms with Gasteiger partial charge in [0.1, 0.15) is 6.04 Å². The van der Waals surface area contributed by atoms with Crippen LogP contribution < -0.4 is 11.1 Å². The van der Waals surface area contributed by atoms with E-state index in [1.54, 1.807) is 0 Å². The number of carbonyl (C=O) groups excluding carboxylic acids is 2. The number of nitrogen functional groups attached to an aromatic ring is 1. The second-order valence-electron chi connectivity index (χ2n) is 4.05. The molecular formula is C11H11Cl2N3O2. The van der Waals surface area contributed by atoms with Crippen molar-refractivity contribution in [3.63, 3.8) is 0 Å². The Morgan fingerprint density at radius 2 is 1.94 bits per heavy atom. The maximum Gasteiger partial charge on any atom is 0.251 e. The Labute approximate surface area is 114 Å². The number of imide groups is 1. The van der Waals surface area contributed by atoms with E-state index in [0.717, 1.165) is 4.90 Å². The third kappa shape index (κ3) is 2.23. The number of nitrogens with two attached hydrogens (primary N) is 1. The molecule has 1 aromatic carbocycles. The fourth-order valence-corrected chi connectivity index (χ4v) is 2.08. The molecule has 18 heavy (non-hydrogen) atoms. The number of nitrogens with zero attached hydrogens (tertiary/aromatic N) is 1. The van der Waals surface area contributed by atoms with Crippen LogP contribution in [0.1, 0.15) is 6.42 Å². The molecule has 1 unspecified atom stereocenters. The van der Waals surface area contributed by atoms with Gasteiger partial charge in [-0.1, -0.05) is 23.2 Å². The maximum absolute atomic E-state index is 11.7. The molecule has 1 heterocycles. The standard InChI is InChI=1S/C11H11Cl2N3O2/c1-16-10(17)4-9(11(16)18)15-8-3-6(13)5(12)2-7(8)14/h2-3,9,15H,4,14H2,1H3. The number of rotatable bonds is 2. The highest BCUT2D eigenvalue weighted by atomic mass is 35.5. The van der Waals surface area contributed by atoms with Crippen LogP contribution in [0.5, 0.6) is 0 Å². The van der Waals surface area contributed by atoms with Gasteiger partial charge >= 0.3 is 0 Å². The van der Waals surface area contributed by atoms with Crippen LogP contribution in [0.15, 0.2) is 12.1 Å². The van der Waals surface area contributed by atoms with Crippen molar-refractivity contribution >= 4 is 46.4 Å². The van der Waals surface area contributed by atoms with Crippen LogP contribution in [0.4, 0.5) is 11.4 Å². The monoisotopic (exact) mass is 287 g/mol. The Kier molecular flexibility index (Phi) is 3.36. The van der Waals surface area contributed by atoms with E-state index in [2.05, 4.69) is 5.32 Å². The molecule has 1 atom stereocenters. The van der Waals surface area contributed by atoms with Gasteiger partial charge in [0.05, 0.1) is 27.8 Å². The van der Waals surface area contributed by atoms with E-state index in [9.17, 15) is 9.59 Å². The number of benzene rings is 1. The first-order valence-corrected chi connectivity index (χ1v) is 5.97. The van der Waals surface area contributed by atoms with Crippen LogP contribution in [0.3, 0.4) is 0 Å². The van der Waals surface area contributed by atoms with E-state index < -0.39 is 6.04 Å². The number of likely N-dealkylation sites (N-methyl/N-ethyl adjacent to an activating group) is 1. The van der Waals surface area contributed by atoms with Gasteiger partial charge in [0.2, 0.25) is 5.91 Å². The van der Waals surface area contributed by atoms with Crippen molar-refractivity contribution in [1.29, 1.82) is 0 Å². The molecule has 1 fully saturated rings. The first kappa shape index (κ1) is 13.0. The minimum absolute atomic E-state index is 0.106. The molecule has 1 aromatic rings. The lowest BCUT2D eigenvalue weighted by atomic mass is 10.2. The van der Waals surface area contributed by atoms with Crippen LogP contribution >= 0.6 is 23.2 Å². The molecule has 3 N–H and O–H groups in total. The second-order valence-corrected chi connectivity index (χ2v) is 4.86. The number of halogens is 2. The van der Waals surface area contributed by atoms with Crippen molar-refractivity contribution in [2.45, 2.75) is 12.5 Å². The molecule has 2 amide bonds. The van der Waals surface area contributed by atoms with Crippen molar-refractivity contribution in [2.24, 2.45) is 0 Å². The SMILES string of the molecule is CN1C(=O)CC(Nc2cc(Cl)c(Cl)cc2N)C1=O. The van der Waals surface area contributed by atoms with Crippen molar-refractivity contribution < 1.29 is 9.59 Å². The van der Waals surface area contributed by atoms with Gasteiger partial charge in [-0.3, -0.25) is 14.5 Å². The minimum Gasteiger partial charge on any atom is -0.397 e. The summed E-state index contributed by atoms with van der Waals surface area (Å²) < 4.78 is 0. The first-order valence-electron chi connectivity index (χ1n) is 5.21. The van der Waals surface area contributed by atoms with Crippen LogP contribution in [0.25, 0.3) is 0 Å². The van der Waals surface area contributed by atoms with E-state index in [0.29, 0.717) is 21.4 Å². The van der Waals surface area contributed by atoms with E-state index in [1.807, 2.05) is 0 Å². The molecule has 0 aliphatic carbocycles. The summed E-state index contributed by atoms with van der Waals surface area (Å²) in [5.74, 6) is -0.512. The molecule has 1 saturated heterocycles. The number of hydrogen-bond acceptors (Lipinski definition) is 4. The van der Waals surface area contributed by atoms with Gasteiger partial charge in [-0.25, -0.2) is 0 Å². The van der Waals surface area contributed by atoms with E-state index in [-0.39, 0.29) is 18.2 Å². The first-order chi connectivity index (χ1) is 8.40. The Balaban J connectivity index is 2.23. The van der Waals surface area contributed by atoms with Crippen molar-refractivity contribution in [2.75, 3.05) is 18.1 Å². The third-order valence-corrected chi connectivity index (χ3v) is 3.53. The van der Waals surface area contributed by atoms with Gasteiger partial charge in [0.25, 0.3) is 5.91 Å². The van der Waals surface area contributed by atoms with E-state index >= 15 is 0 Å². The molecule has 7 heteroatoms. The normalized spacial score (nSPS) is 19.5. The molecule has 0 saturated carbocycles. The number of hydrogen-bond donors (Lipinski definition) is 2. The van der Waals surface area contributed by atoms with Gasteiger partial charge in [0.15, 0.2) is 0 Å². The van der Waals surface area contributed by atoms with Gasteiger partial charge in [-0.15, -0.1) is 0 Å². The average molecular weight is 288 g/mol. The van der Waals surface area contributed by atoms with Crippen LogP contribution in [0.2, 0.25) is 10.0 Å². The summed E-state index contributed by atoms with van der Waals surface area (Å²) in [5.41, 5.74) is 6.63. The number of likely N-dealkylation sites (tertiary alicyclic amines) is 1. The predicted molar refractivity (Wildman–Crippen MR) is 70.7 cm³/mol. The molecule has 2 rings (SSSR count). The number of nitrogens with one attached hydrogen (secondary N) is 1. The second kappa shape index (κ2) is 4.66. The molecular weight excluding hydrogens is 277 g/mol. The zero-order valence-electron chi connectivity index (χ0n) is 9.54. The molecule has 0 spiro atoms. The lowest BCUT2D eigenvalue weighted by molar-refractivity contribution is -0.136. The summed E-state index contributed by atoms with van der Waals surface area (Å²) >= 11 is 11.7. The molecule has 5 nitrogen and oxygen atoms in total. The molecule has 1 aliphatic rings. The Morgan fingerprint density at radius 1 is 1.33 bits per heavy atom. The van der Waals surface area contributed by atoms with Gasteiger partial charge in [-0.2, -0.15) is 0 Å². The van der Waals surface area contributed by atoms with Gasteiger partial charge in [0, 0.05) is 7.05 Å². The van der Waals surface area contributed by atoms with Gasteiger partial charge < -0.3 is 11.1 Å². The number of anilines is 2. The van der Waals surface area contributed by atoms with Crippen molar-refractivity contribution in [3.05, 3.63) is 22.2 Å². The Hall–Kier alpha value is -1.46. The highest BCUT2D eigenvalue weighted by Gasteiger charge is 2.36. The van der Waals surface area contributed by atoms with E-state index in [1.165, 1.54) is 19.2 Å². The minimum atomic E-state index is -0.609. The number of amides is 2. The van der Waals surface area contributed by atoms with Crippen LogP contribution in [0, 0.1) is 0 Å². The summed E-state index contributed by atoms with van der Waals surface area (Å²) in [6, 6.07) is 2.42. The molecule has 96 valence electrons. The van der Waals surface area contributed by atoms with Gasteiger partial charge in [-0.05, 0) is 12.1 Å².